The predicted molar refractivity (Wildman–Crippen MR) is 289 cm³/mol. The second-order valence-electron chi connectivity index (χ2n) is 18.0. The van der Waals surface area contributed by atoms with Crippen molar-refractivity contribution in [1.29, 1.82) is 0 Å². The van der Waals surface area contributed by atoms with Gasteiger partial charge in [0, 0.05) is 32.9 Å². The molecule has 2 nitrogen and oxygen atoms in total. The van der Waals surface area contributed by atoms with Crippen LogP contribution in [0.15, 0.2) is 255 Å². The van der Waals surface area contributed by atoms with Gasteiger partial charge in [-0.05, 0) is 131 Å². The van der Waals surface area contributed by atoms with Gasteiger partial charge in [0.05, 0.1) is 22.1 Å². The fraction of sp³-hybridized carbons (Fsp3) is 0. The lowest BCUT2D eigenvalue weighted by atomic mass is 9.82. The number of para-hydroxylation sites is 4. The maximum absolute atomic E-state index is 2.48. The van der Waals surface area contributed by atoms with E-state index in [1.54, 1.807) is 0 Å². The number of nitrogens with zero attached hydrogens (tertiary/aromatic N) is 2. The molecule has 68 heavy (non-hydrogen) atoms. The van der Waals surface area contributed by atoms with Gasteiger partial charge in [-0.25, -0.2) is 0 Å². The van der Waals surface area contributed by atoms with Crippen LogP contribution in [0, 0.1) is 0 Å². The lowest BCUT2D eigenvalue weighted by Crippen LogP contribution is -1.95. The molecule has 0 amide bonds. The minimum Gasteiger partial charge on any atom is -0.309 e. The molecule has 12 aromatic carbocycles. The molecule has 0 fully saturated rings. The second kappa shape index (κ2) is 15.3. The molecule has 2 heteroatoms. The predicted octanol–water partition coefficient (Wildman–Crippen LogP) is 18.0. The van der Waals surface area contributed by atoms with Crippen molar-refractivity contribution in [3.05, 3.63) is 255 Å². The average molecular weight is 863 g/mol. The third-order valence-electron chi connectivity index (χ3n) is 14.3. The van der Waals surface area contributed by atoms with Crippen LogP contribution in [0.3, 0.4) is 0 Å². The molecule has 0 spiro atoms. The first-order valence-corrected chi connectivity index (χ1v) is 23.5. The third kappa shape index (κ3) is 5.84. The number of fused-ring (bicyclic) bond motifs is 9. The van der Waals surface area contributed by atoms with Crippen LogP contribution in [-0.4, -0.2) is 9.13 Å². The van der Waals surface area contributed by atoms with Gasteiger partial charge in [-0.2, -0.15) is 0 Å². The van der Waals surface area contributed by atoms with Crippen molar-refractivity contribution in [3.63, 3.8) is 0 Å². The van der Waals surface area contributed by atoms with E-state index in [-0.39, 0.29) is 0 Å². The molecule has 0 N–H and O–H groups in total. The molecular weight excluding hydrogens is 821 g/mol. The van der Waals surface area contributed by atoms with Gasteiger partial charge < -0.3 is 9.13 Å². The Bertz CT molecular complexity index is 4080. The summed E-state index contributed by atoms with van der Waals surface area (Å²) in [5.74, 6) is 0. The Morgan fingerprint density at radius 1 is 0.206 bits per heavy atom. The van der Waals surface area contributed by atoms with E-state index < -0.39 is 0 Å². The highest BCUT2D eigenvalue weighted by atomic mass is 15.0. The summed E-state index contributed by atoms with van der Waals surface area (Å²) >= 11 is 0. The highest BCUT2D eigenvalue weighted by molar-refractivity contribution is 6.22. The van der Waals surface area contributed by atoms with Gasteiger partial charge in [-0.15, -0.1) is 0 Å². The summed E-state index contributed by atoms with van der Waals surface area (Å²) in [7, 11) is 0. The topological polar surface area (TPSA) is 9.86 Å². The van der Waals surface area contributed by atoms with Gasteiger partial charge >= 0.3 is 0 Å². The smallest absolute Gasteiger partial charge is 0.0547 e. The summed E-state index contributed by atoms with van der Waals surface area (Å²) in [5.41, 5.74) is 16.8. The molecule has 0 bridgehead atoms. The first kappa shape index (κ1) is 38.3. The van der Waals surface area contributed by atoms with Crippen molar-refractivity contribution in [3.8, 4) is 55.9 Å². The first-order chi connectivity index (χ1) is 33.8. The van der Waals surface area contributed by atoms with E-state index in [1.807, 2.05) is 0 Å². The highest BCUT2D eigenvalue weighted by Crippen LogP contribution is 2.48. The summed E-state index contributed by atoms with van der Waals surface area (Å²) in [6.07, 6.45) is 0. The van der Waals surface area contributed by atoms with Crippen LogP contribution in [-0.2, 0) is 0 Å². The molecular formula is C66H42N2. The lowest BCUT2D eigenvalue weighted by Gasteiger charge is -2.21. The van der Waals surface area contributed by atoms with E-state index in [9.17, 15) is 0 Å². The van der Waals surface area contributed by atoms with E-state index in [0.717, 1.165) is 11.4 Å². The minimum absolute atomic E-state index is 1.15. The van der Waals surface area contributed by atoms with Crippen molar-refractivity contribution in [2.24, 2.45) is 0 Å². The van der Waals surface area contributed by atoms with Gasteiger partial charge in [0.25, 0.3) is 0 Å². The lowest BCUT2D eigenvalue weighted by molar-refractivity contribution is 1.18. The van der Waals surface area contributed by atoms with Crippen LogP contribution in [0.2, 0.25) is 0 Å². The second-order valence-corrected chi connectivity index (χ2v) is 18.0. The van der Waals surface area contributed by atoms with E-state index in [2.05, 4.69) is 264 Å². The van der Waals surface area contributed by atoms with Gasteiger partial charge in [0.15, 0.2) is 0 Å². The Labute approximate surface area is 393 Å². The van der Waals surface area contributed by atoms with Crippen molar-refractivity contribution < 1.29 is 0 Å². The van der Waals surface area contributed by atoms with Crippen LogP contribution in [0.4, 0.5) is 0 Å². The van der Waals surface area contributed by atoms with E-state index in [0.29, 0.717) is 0 Å². The maximum Gasteiger partial charge on any atom is 0.0547 e. The molecule has 0 atom stereocenters. The maximum atomic E-state index is 2.48. The molecule has 0 saturated carbocycles. The monoisotopic (exact) mass is 862 g/mol. The molecule has 0 aliphatic rings. The van der Waals surface area contributed by atoms with Crippen molar-refractivity contribution in [2.45, 2.75) is 0 Å². The standard InChI is InChI=1S/C66H42N2/c1-4-19-44(20-5-1)65-51-25-11-10-18-43(51)34-39-58(65)66-56-30-16-28-49(45-35-37-54-52-26-12-14-32-61(52)67(63(54)40-45)47-21-6-2-7-22-47)59(56)42-60-50(29-17-31-57(60)66)46-36-38-55-53-27-13-15-33-62(53)68(64(55)41-46)48-23-8-3-9-24-48/h1-42H. The van der Waals surface area contributed by atoms with Crippen LogP contribution in [0.5, 0.6) is 0 Å². The van der Waals surface area contributed by atoms with E-state index in [4.69, 9.17) is 0 Å². The summed E-state index contributed by atoms with van der Waals surface area (Å²) in [6, 6.07) is 94.0. The first-order valence-electron chi connectivity index (χ1n) is 23.5. The molecule has 316 valence electrons. The Balaban J connectivity index is 1.09. The molecule has 0 aliphatic heterocycles. The number of hydrogen-bond acceptors (Lipinski definition) is 0. The number of rotatable bonds is 6. The molecule has 2 heterocycles. The van der Waals surface area contributed by atoms with E-state index >= 15 is 0 Å². The van der Waals surface area contributed by atoms with Crippen molar-refractivity contribution in [1.82, 2.24) is 9.13 Å². The summed E-state index contributed by atoms with van der Waals surface area (Å²) in [6.45, 7) is 0. The zero-order chi connectivity index (χ0) is 44.7. The largest absolute Gasteiger partial charge is 0.309 e. The summed E-state index contributed by atoms with van der Waals surface area (Å²) in [4.78, 5) is 0. The van der Waals surface area contributed by atoms with Crippen LogP contribution in [0.1, 0.15) is 0 Å². The van der Waals surface area contributed by atoms with E-state index in [1.165, 1.54) is 120 Å². The molecule has 0 unspecified atom stereocenters. The third-order valence-corrected chi connectivity index (χ3v) is 14.3. The Morgan fingerprint density at radius 2 is 0.647 bits per heavy atom. The quantitative estimate of drug-likeness (QED) is 0.147. The number of aromatic nitrogens is 2. The van der Waals surface area contributed by atoms with Gasteiger partial charge in [-0.3, -0.25) is 0 Å². The number of hydrogen-bond donors (Lipinski definition) is 0. The highest BCUT2D eigenvalue weighted by Gasteiger charge is 2.22. The molecule has 0 radical (unpaired) electrons. The average Bonchev–Trinajstić information content (AvgIpc) is 3.92. The molecule has 0 aliphatic carbocycles. The molecule has 2 aromatic heterocycles. The van der Waals surface area contributed by atoms with Gasteiger partial charge in [0.2, 0.25) is 0 Å². The van der Waals surface area contributed by atoms with Crippen molar-refractivity contribution >= 4 is 75.9 Å². The zero-order valence-corrected chi connectivity index (χ0v) is 37.1. The normalized spacial score (nSPS) is 11.8. The Morgan fingerprint density at radius 3 is 1.19 bits per heavy atom. The summed E-state index contributed by atoms with van der Waals surface area (Å²) < 4.78 is 4.84. The fourth-order valence-corrected chi connectivity index (χ4v) is 11.3. The van der Waals surface area contributed by atoms with Gasteiger partial charge in [-0.1, -0.05) is 200 Å². The number of benzene rings is 12. The fourth-order valence-electron chi connectivity index (χ4n) is 11.3. The van der Waals surface area contributed by atoms with Gasteiger partial charge in [0.1, 0.15) is 0 Å². The summed E-state index contributed by atoms with van der Waals surface area (Å²) in [5, 5.41) is 12.3. The zero-order valence-electron chi connectivity index (χ0n) is 37.1. The van der Waals surface area contributed by atoms with Crippen LogP contribution >= 0.6 is 0 Å². The molecule has 0 saturated heterocycles. The minimum atomic E-state index is 1.15. The molecule has 14 aromatic rings. The SMILES string of the molecule is c1ccc(-c2c(-c3c4cccc(-c5ccc6c7ccccc7n(-c7ccccc7)c6c5)c4cc4c(-c5ccc6c7ccccc7n(-c7ccccc7)c6c5)cccc34)ccc3ccccc23)cc1. The van der Waals surface area contributed by atoms with Crippen LogP contribution in [0.25, 0.3) is 132 Å². The van der Waals surface area contributed by atoms with Crippen LogP contribution < -0.4 is 0 Å². The molecule has 14 rings (SSSR count). The Kier molecular flexibility index (Phi) is 8.62. The van der Waals surface area contributed by atoms with Crippen molar-refractivity contribution in [2.75, 3.05) is 0 Å². The Hall–Kier alpha value is -8.98.